The van der Waals surface area contributed by atoms with E-state index in [-0.39, 0.29) is 5.97 Å². The van der Waals surface area contributed by atoms with Crippen molar-refractivity contribution in [3.05, 3.63) is 34.3 Å². The molecule has 17 heavy (non-hydrogen) atoms. The smallest absolute Gasteiger partial charge is 0.313 e. The fourth-order valence-corrected chi connectivity index (χ4v) is 2.84. The average Bonchev–Trinajstić information content (AvgIpc) is 2.78. The first-order valence-electron chi connectivity index (χ1n) is 5.70. The molecule has 1 N–H and O–H groups in total. The predicted molar refractivity (Wildman–Crippen MR) is 69.8 cm³/mol. The molecule has 0 amide bonds. The van der Waals surface area contributed by atoms with Crippen molar-refractivity contribution in [3.63, 3.8) is 0 Å². The summed E-state index contributed by atoms with van der Waals surface area (Å²) in [5, 5.41) is 3.25. The summed E-state index contributed by atoms with van der Waals surface area (Å²) in [6.07, 6.45) is 1.57. The Kier molecular flexibility index (Phi) is 3.84. The molecular formula is C13H16BrNO2. The first-order valence-corrected chi connectivity index (χ1v) is 6.49. The van der Waals surface area contributed by atoms with E-state index in [1.807, 2.05) is 18.2 Å². The first-order chi connectivity index (χ1) is 8.16. The molecule has 1 saturated heterocycles. The summed E-state index contributed by atoms with van der Waals surface area (Å²) < 4.78 is 5.99. The zero-order valence-corrected chi connectivity index (χ0v) is 11.4. The van der Waals surface area contributed by atoms with Gasteiger partial charge in [-0.3, -0.25) is 4.79 Å². The number of ether oxygens (including phenoxy) is 1. The molecule has 0 spiro atoms. The summed E-state index contributed by atoms with van der Waals surface area (Å²) >= 11 is 3.45. The summed E-state index contributed by atoms with van der Waals surface area (Å²) in [5.41, 5.74) is 0.767. The maximum atomic E-state index is 12.0. The van der Waals surface area contributed by atoms with Crippen molar-refractivity contribution in [1.82, 2.24) is 5.32 Å². The quantitative estimate of drug-likeness (QED) is 0.869. The van der Waals surface area contributed by atoms with Gasteiger partial charge in [0.05, 0.1) is 12.5 Å². The largest absolute Gasteiger partial charge is 0.469 e. The maximum Gasteiger partial charge on any atom is 0.313 e. The van der Waals surface area contributed by atoms with Crippen LogP contribution in [0.3, 0.4) is 0 Å². The lowest BCUT2D eigenvalue weighted by molar-refractivity contribution is -0.151. The van der Waals surface area contributed by atoms with Crippen LogP contribution in [-0.4, -0.2) is 26.2 Å². The van der Waals surface area contributed by atoms with E-state index in [9.17, 15) is 4.79 Å². The summed E-state index contributed by atoms with van der Waals surface area (Å²) in [6, 6.07) is 8.09. The van der Waals surface area contributed by atoms with E-state index in [2.05, 4.69) is 27.3 Å². The molecule has 0 saturated carbocycles. The van der Waals surface area contributed by atoms with E-state index < -0.39 is 5.41 Å². The summed E-state index contributed by atoms with van der Waals surface area (Å²) in [7, 11) is 1.46. The Labute approximate surface area is 110 Å². The number of methoxy groups -OCH3 is 1. The molecule has 3 nitrogen and oxygen atoms in total. The van der Waals surface area contributed by atoms with E-state index in [1.54, 1.807) is 0 Å². The monoisotopic (exact) mass is 297 g/mol. The van der Waals surface area contributed by atoms with Crippen LogP contribution in [0.4, 0.5) is 0 Å². The zero-order valence-electron chi connectivity index (χ0n) is 9.83. The van der Waals surface area contributed by atoms with E-state index >= 15 is 0 Å². The third kappa shape index (κ3) is 2.69. The molecule has 0 aromatic heterocycles. The van der Waals surface area contributed by atoms with Gasteiger partial charge in [-0.2, -0.15) is 0 Å². The van der Waals surface area contributed by atoms with Crippen molar-refractivity contribution in [2.24, 2.45) is 5.41 Å². The minimum atomic E-state index is -0.393. The number of rotatable bonds is 3. The van der Waals surface area contributed by atoms with Crippen molar-refractivity contribution in [1.29, 1.82) is 0 Å². The van der Waals surface area contributed by atoms with Crippen LogP contribution < -0.4 is 5.32 Å². The van der Waals surface area contributed by atoms with Crippen LogP contribution in [0.15, 0.2) is 28.7 Å². The van der Waals surface area contributed by atoms with E-state index in [0.717, 1.165) is 29.4 Å². The number of benzene rings is 1. The van der Waals surface area contributed by atoms with Crippen LogP contribution in [0.25, 0.3) is 0 Å². The molecule has 1 atom stereocenters. The highest BCUT2D eigenvalue weighted by Gasteiger charge is 2.42. The second kappa shape index (κ2) is 5.19. The van der Waals surface area contributed by atoms with Gasteiger partial charge < -0.3 is 10.1 Å². The van der Waals surface area contributed by atoms with Crippen LogP contribution in [0.1, 0.15) is 12.0 Å². The molecule has 92 valence electrons. The Morgan fingerprint density at radius 2 is 2.41 bits per heavy atom. The average molecular weight is 298 g/mol. The van der Waals surface area contributed by atoms with Crippen LogP contribution in [-0.2, 0) is 16.0 Å². The molecule has 2 rings (SSSR count). The lowest BCUT2D eigenvalue weighted by Gasteiger charge is -2.25. The molecular weight excluding hydrogens is 282 g/mol. The molecule has 0 aliphatic carbocycles. The van der Waals surface area contributed by atoms with Gasteiger partial charge in [0.15, 0.2) is 0 Å². The number of nitrogens with one attached hydrogen (secondary N) is 1. The topological polar surface area (TPSA) is 38.3 Å². The van der Waals surface area contributed by atoms with Gasteiger partial charge >= 0.3 is 5.97 Å². The summed E-state index contributed by atoms with van der Waals surface area (Å²) in [6.45, 7) is 1.58. The summed E-state index contributed by atoms with van der Waals surface area (Å²) in [4.78, 5) is 12.0. The van der Waals surface area contributed by atoms with Crippen molar-refractivity contribution in [2.75, 3.05) is 20.2 Å². The van der Waals surface area contributed by atoms with Crippen LogP contribution in [0, 0.1) is 5.41 Å². The Bertz CT molecular complexity index is 414. The SMILES string of the molecule is COC(=O)C1(Cc2cccc(Br)c2)CCNC1. The third-order valence-corrected chi connectivity index (χ3v) is 3.79. The first kappa shape index (κ1) is 12.6. The predicted octanol–water partition coefficient (Wildman–Crippen LogP) is 2.14. The minimum Gasteiger partial charge on any atom is -0.469 e. The van der Waals surface area contributed by atoms with E-state index in [4.69, 9.17) is 4.74 Å². The van der Waals surface area contributed by atoms with Crippen molar-refractivity contribution in [3.8, 4) is 0 Å². The third-order valence-electron chi connectivity index (χ3n) is 3.29. The normalized spacial score (nSPS) is 23.6. The highest BCUT2D eigenvalue weighted by molar-refractivity contribution is 9.10. The molecule has 1 aromatic rings. The Morgan fingerprint density at radius 1 is 1.59 bits per heavy atom. The molecule has 1 unspecified atom stereocenters. The minimum absolute atomic E-state index is 0.109. The maximum absolute atomic E-state index is 12.0. The molecule has 1 aliphatic heterocycles. The Morgan fingerprint density at radius 3 is 3.00 bits per heavy atom. The number of carbonyl (C=O) groups is 1. The fraction of sp³-hybridized carbons (Fsp3) is 0.462. The number of hydrogen-bond donors (Lipinski definition) is 1. The van der Waals surface area contributed by atoms with Crippen molar-refractivity contribution >= 4 is 21.9 Å². The molecule has 1 aliphatic rings. The Balaban J connectivity index is 2.21. The number of halogens is 1. The van der Waals surface area contributed by atoms with E-state index in [1.165, 1.54) is 7.11 Å². The lowest BCUT2D eigenvalue weighted by Crippen LogP contribution is -2.36. The molecule has 1 heterocycles. The molecule has 0 radical (unpaired) electrons. The van der Waals surface area contributed by atoms with Gasteiger partial charge in [-0.05, 0) is 37.1 Å². The van der Waals surface area contributed by atoms with Crippen LogP contribution >= 0.6 is 15.9 Å². The van der Waals surface area contributed by atoms with Gasteiger partial charge in [-0.15, -0.1) is 0 Å². The number of carbonyl (C=O) groups excluding carboxylic acids is 1. The highest BCUT2D eigenvalue weighted by atomic mass is 79.9. The highest BCUT2D eigenvalue weighted by Crippen LogP contribution is 2.32. The fourth-order valence-electron chi connectivity index (χ4n) is 2.40. The van der Waals surface area contributed by atoms with Crippen LogP contribution in [0.5, 0.6) is 0 Å². The van der Waals surface area contributed by atoms with Gasteiger partial charge in [0, 0.05) is 11.0 Å². The van der Waals surface area contributed by atoms with E-state index in [0.29, 0.717) is 6.54 Å². The van der Waals surface area contributed by atoms with Gasteiger partial charge in [0.25, 0.3) is 0 Å². The van der Waals surface area contributed by atoms with Crippen molar-refractivity contribution in [2.45, 2.75) is 12.8 Å². The molecule has 1 aromatic carbocycles. The zero-order chi connectivity index (χ0) is 12.3. The number of hydrogen-bond acceptors (Lipinski definition) is 3. The van der Waals surface area contributed by atoms with Crippen molar-refractivity contribution < 1.29 is 9.53 Å². The molecule has 4 heteroatoms. The Hall–Kier alpha value is -0.870. The summed E-state index contributed by atoms with van der Waals surface area (Å²) in [5.74, 6) is -0.109. The van der Waals surface area contributed by atoms with Gasteiger partial charge in [0.1, 0.15) is 0 Å². The molecule has 0 bridgehead atoms. The standard InChI is InChI=1S/C13H16BrNO2/c1-17-12(16)13(5-6-15-9-13)8-10-3-2-4-11(14)7-10/h2-4,7,15H,5-6,8-9H2,1H3. The number of esters is 1. The lowest BCUT2D eigenvalue weighted by atomic mass is 9.81. The van der Waals surface area contributed by atoms with Crippen LogP contribution in [0.2, 0.25) is 0 Å². The molecule has 1 fully saturated rings. The second-order valence-electron chi connectivity index (χ2n) is 4.51. The van der Waals surface area contributed by atoms with Gasteiger partial charge in [-0.25, -0.2) is 0 Å². The van der Waals surface area contributed by atoms with Gasteiger partial charge in [0.2, 0.25) is 0 Å². The second-order valence-corrected chi connectivity index (χ2v) is 5.42. The van der Waals surface area contributed by atoms with Gasteiger partial charge in [-0.1, -0.05) is 28.1 Å².